The number of ether oxygens (including phenoxy) is 2. The Hall–Kier alpha value is -3.31. The van der Waals surface area contributed by atoms with Crippen LogP contribution in [0.2, 0.25) is 0 Å². The van der Waals surface area contributed by atoms with Gasteiger partial charge in [0.25, 0.3) is 5.91 Å². The molecule has 150 valence electrons. The van der Waals surface area contributed by atoms with Crippen LogP contribution in [-0.2, 0) is 11.2 Å². The minimum absolute atomic E-state index is 0.0573. The number of nitrogens with one attached hydrogen (secondary N) is 1. The molecule has 1 atom stereocenters. The van der Waals surface area contributed by atoms with Crippen LogP contribution in [0.25, 0.3) is 11.1 Å². The lowest BCUT2D eigenvalue weighted by atomic mass is 10.0. The number of hydrogen-bond acceptors (Lipinski definition) is 4. The summed E-state index contributed by atoms with van der Waals surface area (Å²) < 4.78 is 11.1. The minimum Gasteiger partial charge on any atom is -0.493 e. The summed E-state index contributed by atoms with van der Waals surface area (Å²) in [5.41, 5.74) is 9.65. The molecule has 1 unspecified atom stereocenters. The molecular weight excluding hydrogens is 364 g/mol. The van der Waals surface area contributed by atoms with Crippen molar-refractivity contribution in [3.05, 3.63) is 78.4 Å². The van der Waals surface area contributed by atoms with Gasteiger partial charge in [-0.2, -0.15) is 0 Å². The molecule has 0 fully saturated rings. The first-order valence-electron chi connectivity index (χ1n) is 9.56. The summed E-state index contributed by atoms with van der Waals surface area (Å²) >= 11 is 0. The Kier molecular flexibility index (Phi) is 6.87. The highest BCUT2D eigenvalue weighted by molar-refractivity contribution is 5.96. The molecule has 1 amide bonds. The predicted molar refractivity (Wildman–Crippen MR) is 116 cm³/mol. The van der Waals surface area contributed by atoms with Crippen LogP contribution in [0.4, 0.5) is 5.69 Å². The van der Waals surface area contributed by atoms with E-state index in [9.17, 15) is 4.79 Å². The molecule has 3 N–H and O–H groups in total. The lowest BCUT2D eigenvalue weighted by Crippen LogP contribution is -2.21. The summed E-state index contributed by atoms with van der Waals surface area (Å²) in [6, 6.07) is 23.3. The average Bonchev–Trinajstić information content (AvgIpc) is 2.73. The van der Waals surface area contributed by atoms with E-state index in [0.717, 1.165) is 28.8 Å². The standard InChI is InChI=1S/C24H26N2O3/c1-17(25)14-18-12-13-22(23(15-18)28-2)29-16-24(27)26-21-11-7-6-10-20(21)19-8-4-3-5-9-19/h3-13,15,17H,14,16,25H2,1-2H3,(H,26,27). The van der Waals surface area contributed by atoms with Crippen molar-refractivity contribution in [1.29, 1.82) is 0 Å². The Morgan fingerprint density at radius 2 is 1.72 bits per heavy atom. The van der Waals surface area contributed by atoms with Gasteiger partial charge in [-0.25, -0.2) is 0 Å². The molecule has 0 saturated carbocycles. The summed E-state index contributed by atoms with van der Waals surface area (Å²) in [5, 5.41) is 2.93. The van der Waals surface area contributed by atoms with Crippen molar-refractivity contribution < 1.29 is 14.3 Å². The van der Waals surface area contributed by atoms with E-state index in [1.807, 2.05) is 79.7 Å². The average molecular weight is 390 g/mol. The van der Waals surface area contributed by atoms with Crippen molar-refractivity contribution in [2.45, 2.75) is 19.4 Å². The molecule has 0 aliphatic rings. The quantitative estimate of drug-likeness (QED) is 0.602. The molecule has 5 heteroatoms. The molecule has 0 heterocycles. The van der Waals surface area contributed by atoms with Crippen molar-refractivity contribution in [3.8, 4) is 22.6 Å². The largest absolute Gasteiger partial charge is 0.493 e. The molecule has 0 saturated heterocycles. The predicted octanol–water partition coefficient (Wildman–Crippen LogP) is 4.27. The van der Waals surface area contributed by atoms with Crippen LogP contribution < -0.4 is 20.5 Å². The number of benzene rings is 3. The van der Waals surface area contributed by atoms with Crippen LogP contribution in [0.1, 0.15) is 12.5 Å². The Balaban J connectivity index is 1.67. The molecule has 3 aromatic rings. The van der Waals surface area contributed by atoms with Crippen molar-refractivity contribution >= 4 is 11.6 Å². The molecule has 0 aliphatic carbocycles. The SMILES string of the molecule is COc1cc(CC(C)N)ccc1OCC(=O)Nc1ccccc1-c1ccccc1. The molecule has 3 rings (SSSR count). The van der Waals surface area contributed by atoms with Crippen LogP contribution in [0.15, 0.2) is 72.8 Å². The van der Waals surface area contributed by atoms with Gasteiger partial charge in [0.15, 0.2) is 18.1 Å². The highest BCUT2D eigenvalue weighted by atomic mass is 16.5. The Morgan fingerprint density at radius 3 is 2.45 bits per heavy atom. The number of amides is 1. The first kappa shape index (κ1) is 20.4. The second-order valence-corrected chi connectivity index (χ2v) is 6.92. The van der Waals surface area contributed by atoms with Gasteiger partial charge in [0.05, 0.1) is 7.11 Å². The molecule has 0 bridgehead atoms. The fourth-order valence-corrected chi connectivity index (χ4v) is 3.12. The maximum Gasteiger partial charge on any atom is 0.262 e. The fourth-order valence-electron chi connectivity index (χ4n) is 3.12. The Morgan fingerprint density at radius 1 is 1.00 bits per heavy atom. The second kappa shape index (κ2) is 9.75. The number of rotatable bonds is 8. The van der Waals surface area contributed by atoms with Gasteiger partial charge in [-0.1, -0.05) is 54.6 Å². The smallest absolute Gasteiger partial charge is 0.262 e. The van der Waals surface area contributed by atoms with E-state index in [0.29, 0.717) is 11.5 Å². The molecule has 3 aromatic carbocycles. The van der Waals surface area contributed by atoms with Crippen molar-refractivity contribution in [3.63, 3.8) is 0 Å². The molecule has 0 aliphatic heterocycles. The lowest BCUT2D eigenvalue weighted by molar-refractivity contribution is -0.118. The number of carbonyl (C=O) groups is 1. The Labute approximate surface area is 171 Å². The molecule has 5 nitrogen and oxygen atoms in total. The first-order valence-corrected chi connectivity index (χ1v) is 9.56. The molecule has 29 heavy (non-hydrogen) atoms. The zero-order valence-corrected chi connectivity index (χ0v) is 16.7. The second-order valence-electron chi connectivity index (χ2n) is 6.92. The topological polar surface area (TPSA) is 73.6 Å². The summed E-state index contributed by atoms with van der Waals surface area (Å²) in [6.07, 6.45) is 0.743. The van der Waals surface area contributed by atoms with Gasteiger partial charge in [-0.05, 0) is 42.7 Å². The van der Waals surface area contributed by atoms with Crippen LogP contribution >= 0.6 is 0 Å². The monoisotopic (exact) mass is 390 g/mol. The third kappa shape index (κ3) is 5.59. The highest BCUT2D eigenvalue weighted by Gasteiger charge is 2.12. The first-order chi connectivity index (χ1) is 14.1. The van der Waals surface area contributed by atoms with Gasteiger partial charge >= 0.3 is 0 Å². The van der Waals surface area contributed by atoms with E-state index >= 15 is 0 Å². The van der Waals surface area contributed by atoms with Crippen molar-refractivity contribution in [2.24, 2.45) is 5.73 Å². The molecule has 0 radical (unpaired) electrons. The Bertz CT molecular complexity index is 955. The normalized spacial score (nSPS) is 11.6. The molecule has 0 aromatic heterocycles. The highest BCUT2D eigenvalue weighted by Crippen LogP contribution is 2.29. The molecule has 0 spiro atoms. The van der Waals surface area contributed by atoms with E-state index < -0.39 is 0 Å². The number of anilines is 1. The van der Waals surface area contributed by atoms with Crippen LogP contribution in [0.5, 0.6) is 11.5 Å². The summed E-state index contributed by atoms with van der Waals surface area (Å²) in [6.45, 7) is 1.83. The maximum atomic E-state index is 12.5. The van der Waals surface area contributed by atoms with Crippen LogP contribution in [-0.4, -0.2) is 25.7 Å². The van der Waals surface area contributed by atoms with E-state index in [1.54, 1.807) is 7.11 Å². The summed E-state index contributed by atoms with van der Waals surface area (Å²) in [7, 11) is 1.58. The van der Waals surface area contributed by atoms with E-state index in [2.05, 4.69) is 5.32 Å². The number of para-hydroxylation sites is 1. The van der Waals surface area contributed by atoms with Crippen molar-refractivity contribution in [2.75, 3.05) is 19.0 Å². The van der Waals surface area contributed by atoms with Crippen molar-refractivity contribution in [1.82, 2.24) is 0 Å². The minimum atomic E-state index is -0.241. The van der Waals surface area contributed by atoms with Gasteiger partial charge in [-0.3, -0.25) is 4.79 Å². The van der Waals surface area contributed by atoms with Crippen LogP contribution in [0.3, 0.4) is 0 Å². The lowest BCUT2D eigenvalue weighted by Gasteiger charge is -2.14. The van der Waals surface area contributed by atoms with Gasteiger partial charge < -0.3 is 20.5 Å². The summed E-state index contributed by atoms with van der Waals surface area (Å²) in [5.74, 6) is 0.864. The third-order valence-corrected chi connectivity index (χ3v) is 4.43. The maximum absolute atomic E-state index is 12.5. The zero-order chi connectivity index (χ0) is 20.6. The van der Waals surface area contributed by atoms with E-state index in [-0.39, 0.29) is 18.6 Å². The fraction of sp³-hybridized carbons (Fsp3) is 0.208. The van der Waals surface area contributed by atoms with Gasteiger partial charge in [0.2, 0.25) is 0 Å². The number of hydrogen-bond donors (Lipinski definition) is 2. The van der Waals surface area contributed by atoms with E-state index in [4.69, 9.17) is 15.2 Å². The van der Waals surface area contributed by atoms with Gasteiger partial charge in [0, 0.05) is 17.3 Å². The zero-order valence-electron chi connectivity index (χ0n) is 16.7. The number of carbonyl (C=O) groups excluding carboxylic acids is 1. The van der Waals surface area contributed by atoms with Crippen LogP contribution in [0, 0.1) is 0 Å². The third-order valence-electron chi connectivity index (χ3n) is 4.43. The summed E-state index contributed by atoms with van der Waals surface area (Å²) in [4.78, 5) is 12.5. The van der Waals surface area contributed by atoms with Gasteiger partial charge in [0.1, 0.15) is 0 Å². The van der Waals surface area contributed by atoms with E-state index in [1.165, 1.54) is 0 Å². The number of methoxy groups -OCH3 is 1. The number of nitrogens with two attached hydrogens (primary N) is 1. The van der Waals surface area contributed by atoms with Gasteiger partial charge in [-0.15, -0.1) is 0 Å². The molecular formula is C24H26N2O3.